The highest BCUT2D eigenvalue weighted by Gasteiger charge is 2.60. The van der Waals surface area contributed by atoms with Crippen LogP contribution >= 0.6 is 11.6 Å². The number of nitrogens with one attached hydrogen (secondary N) is 1. The highest BCUT2D eigenvalue weighted by molar-refractivity contribution is 6.24. The normalized spacial score (nSPS) is 34.6. The molecule has 1 N–H and O–H groups in total. The summed E-state index contributed by atoms with van der Waals surface area (Å²) in [5, 5.41) is 2.29. The lowest BCUT2D eigenvalue weighted by Gasteiger charge is -2.58. The minimum absolute atomic E-state index is 0.151. The van der Waals surface area contributed by atoms with Gasteiger partial charge in [0, 0.05) is 10.9 Å². The number of hydrogen-bond donors (Lipinski definition) is 1. The van der Waals surface area contributed by atoms with E-state index in [0.29, 0.717) is 24.3 Å². The van der Waals surface area contributed by atoms with Gasteiger partial charge in [0.2, 0.25) is 0 Å². The van der Waals surface area contributed by atoms with E-state index >= 15 is 0 Å². The molecule has 140 valence electrons. The van der Waals surface area contributed by atoms with Crippen molar-refractivity contribution in [2.45, 2.75) is 43.4 Å². The summed E-state index contributed by atoms with van der Waals surface area (Å²) in [6, 6.07) is 2.84. The van der Waals surface area contributed by atoms with Gasteiger partial charge in [-0.3, -0.25) is 9.59 Å². The standard InChI is InChI=1S/C19H20ClF2NO3/c20-19-7-11-3-12(8-19)6-18(5-11,10-19)17(25)26-9-16(24)23-15-2-1-13(21)4-14(15)22/h1-2,4,11-12H,3,5-10H2,(H,23,24)/t11-,12+,18?,19?. The smallest absolute Gasteiger partial charge is 0.312 e. The van der Waals surface area contributed by atoms with Gasteiger partial charge in [-0.25, -0.2) is 8.78 Å². The monoisotopic (exact) mass is 383 g/mol. The highest BCUT2D eigenvalue weighted by Crippen LogP contribution is 2.64. The third-order valence-corrected chi connectivity index (χ3v) is 6.40. The van der Waals surface area contributed by atoms with Crippen molar-refractivity contribution < 1.29 is 23.1 Å². The Labute approximate surface area is 155 Å². The lowest BCUT2D eigenvalue weighted by Crippen LogP contribution is -2.56. The Morgan fingerprint density at radius 1 is 1.19 bits per heavy atom. The largest absolute Gasteiger partial charge is 0.455 e. The molecule has 4 atom stereocenters. The molecule has 4 nitrogen and oxygen atoms in total. The van der Waals surface area contributed by atoms with Crippen molar-refractivity contribution in [3.63, 3.8) is 0 Å². The molecule has 2 unspecified atom stereocenters. The van der Waals surface area contributed by atoms with Gasteiger partial charge in [-0.1, -0.05) is 0 Å². The second-order valence-electron chi connectivity index (χ2n) is 8.14. The molecule has 4 bridgehead atoms. The van der Waals surface area contributed by atoms with Crippen molar-refractivity contribution in [1.29, 1.82) is 0 Å². The number of hydrogen-bond acceptors (Lipinski definition) is 3. The highest BCUT2D eigenvalue weighted by atomic mass is 35.5. The van der Waals surface area contributed by atoms with Crippen molar-refractivity contribution in [3.05, 3.63) is 29.8 Å². The Morgan fingerprint density at radius 3 is 2.50 bits per heavy atom. The Balaban J connectivity index is 1.37. The summed E-state index contributed by atoms with van der Waals surface area (Å²) < 4.78 is 31.7. The maximum Gasteiger partial charge on any atom is 0.312 e. The zero-order chi connectivity index (χ0) is 18.5. The fourth-order valence-corrected chi connectivity index (χ4v) is 6.14. The third kappa shape index (κ3) is 3.20. The quantitative estimate of drug-likeness (QED) is 0.631. The van der Waals surface area contributed by atoms with Crippen molar-refractivity contribution in [2.24, 2.45) is 17.3 Å². The first-order valence-electron chi connectivity index (χ1n) is 8.88. The molecule has 0 heterocycles. The van der Waals surface area contributed by atoms with Crippen LogP contribution in [-0.2, 0) is 14.3 Å². The molecule has 5 rings (SSSR count). The van der Waals surface area contributed by atoms with Gasteiger partial charge < -0.3 is 10.1 Å². The molecule has 1 aromatic rings. The maximum absolute atomic E-state index is 13.6. The topological polar surface area (TPSA) is 55.4 Å². The Hall–Kier alpha value is -1.69. The molecule has 0 aliphatic heterocycles. The third-order valence-electron chi connectivity index (χ3n) is 5.96. The van der Waals surface area contributed by atoms with Crippen molar-refractivity contribution in [1.82, 2.24) is 0 Å². The molecule has 1 aromatic carbocycles. The number of carbonyl (C=O) groups is 2. The number of rotatable bonds is 4. The molecule has 4 aliphatic rings. The van der Waals surface area contributed by atoms with Crippen LogP contribution in [0.25, 0.3) is 0 Å². The van der Waals surface area contributed by atoms with E-state index in [2.05, 4.69) is 5.32 Å². The van der Waals surface area contributed by atoms with Gasteiger partial charge in [0.15, 0.2) is 6.61 Å². The molecule has 7 heteroatoms. The van der Waals surface area contributed by atoms with Gasteiger partial charge in [-0.15, -0.1) is 11.6 Å². The average molecular weight is 384 g/mol. The van der Waals surface area contributed by atoms with Crippen molar-refractivity contribution in [3.8, 4) is 0 Å². The zero-order valence-corrected chi connectivity index (χ0v) is 15.0. The molecule has 4 aliphatic carbocycles. The summed E-state index contributed by atoms with van der Waals surface area (Å²) in [6.45, 7) is -0.498. The summed E-state index contributed by atoms with van der Waals surface area (Å²) in [5.74, 6) is -1.76. The molecular weight excluding hydrogens is 364 g/mol. The van der Waals surface area contributed by atoms with Crippen LogP contribution in [0, 0.1) is 28.9 Å². The van der Waals surface area contributed by atoms with E-state index in [1.807, 2.05) is 0 Å². The summed E-state index contributed by atoms with van der Waals surface area (Å²) in [5.41, 5.74) is -0.741. The van der Waals surface area contributed by atoms with Gasteiger partial charge in [0.25, 0.3) is 5.91 Å². The summed E-state index contributed by atoms with van der Waals surface area (Å²) >= 11 is 6.71. The van der Waals surface area contributed by atoms with Crippen molar-refractivity contribution >= 4 is 29.2 Å². The van der Waals surface area contributed by atoms with E-state index in [-0.39, 0.29) is 16.5 Å². The first-order chi connectivity index (χ1) is 12.3. The minimum atomic E-state index is -0.880. The van der Waals surface area contributed by atoms with Crippen LogP contribution in [0.4, 0.5) is 14.5 Å². The molecule has 26 heavy (non-hydrogen) atoms. The van der Waals surface area contributed by atoms with Crippen LogP contribution in [0.2, 0.25) is 0 Å². The first kappa shape index (κ1) is 17.7. The second-order valence-corrected chi connectivity index (χ2v) is 8.94. The van der Waals surface area contributed by atoms with Gasteiger partial charge in [-0.05, 0) is 62.5 Å². The first-order valence-corrected chi connectivity index (χ1v) is 9.26. The molecule has 0 radical (unpaired) electrons. The van der Waals surface area contributed by atoms with Crippen molar-refractivity contribution in [2.75, 3.05) is 11.9 Å². The van der Waals surface area contributed by atoms with Crippen LogP contribution in [0.15, 0.2) is 18.2 Å². The summed E-state index contributed by atoms with van der Waals surface area (Å²) in [6.07, 6.45) is 5.15. The van der Waals surface area contributed by atoms with Gasteiger partial charge >= 0.3 is 5.97 Å². The number of anilines is 1. The zero-order valence-electron chi connectivity index (χ0n) is 14.2. The van der Waals surface area contributed by atoms with E-state index < -0.39 is 29.6 Å². The van der Waals surface area contributed by atoms with Gasteiger partial charge in [0.1, 0.15) is 11.6 Å². The summed E-state index contributed by atoms with van der Waals surface area (Å²) in [4.78, 5) is 24.4. The predicted octanol–water partition coefficient (Wildman–Crippen LogP) is 4.02. The molecule has 4 fully saturated rings. The number of ether oxygens (including phenoxy) is 1. The maximum atomic E-state index is 13.6. The molecular formula is C19H20ClF2NO3. The van der Waals surface area contributed by atoms with Gasteiger partial charge in [0.05, 0.1) is 11.1 Å². The molecule has 4 saturated carbocycles. The number of amides is 1. The van der Waals surface area contributed by atoms with Crippen LogP contribution in [-0.4, -0.2) is 23.4 Å². The molecule has 1 amide bonds. The molecule has 0 aromatic heterocycles. The number of carbonyl (C=O) groups excluding carboxylic acids is 2. The predicted molar refractivity (Wildman–Crippen MR) is 91.6 cm³/mol. The number of benzene rings is 1. The Kier molecular flexibility index (Phi) is 4.21. The number of halogens is 3. The number of alkyl halides is 1. The number of esters is 1. The molecule has 0 saturated heterocycles. The average Bonchev–Trinajstić information content (AvgIpc) is 2.53. The van der Waals surface area contributed by atoms with E-state index in [1.165, 1.54) is 0 Å². The van der Waals surface area contributed by atoms with Gasteiger partial charge in [-0.2, -0.15) is 0 Å². The minimum Gasteiger partial charge on any atom is -0.455 e. The fourth-order valence-electron chi connectivity index (χ4n) is 5.45. The lowest BCUT2D eigenvalue weighted by atomic mass is 9.49. The lowest BCUT2D eigenvalue weighted by molar-refractivity contribution is -0.171. The molecule has 0 spiro atoms. The van der Waals surface area contributed by atoms with E-state index in [4.69, 9.17) is 16.3 Å². The Bertz CT molecular complexity index is 755. The van der Waals surface area contributed by atoms with E-state index in [0.717, 1.165) is 44.2 Å². The van der Waals surface area contributed by atoms with Crippen LogP contribution < -0.4 is 5.32 Å². The van der Waals surface area contributed by atoms with Crippen LogP contribution in [0.1, 0.15) is 38.5 Å². The van der Waals surface area contributed by atoms with E-state index in [1.54, 1.807) is 0 Å². The Morgan fingerprint density at radius 2 is 1.88 bits per heavy atom. The fraction of sp³-hybridized carbons (Fsp3) is 0.579. The van der Waals surface area contributed by atoms with E-state index in [9.17, 15) is 18.4 Å². The van der Waals surface area contributed by atoms with Crippen LogP contribution in [0.3, 0.4) is 0 Å². The van der Waals surface area contributed by atoms with Crippen LogP contribution in [0.5, 0.6) is 0 Å². The second kappa shape index (κ2) is 6.19. The SMILES string of the molecule is O=C(COC(=O)C12C[C@@H]3C[C@@H](CC(Cl)(C3)C1)C2)Nc1ccc(F)cc1F. The summed E-state index contributed by atoms with van der Waals surface area (Å²) in [7, 11) is 0.